The van der Waals surface area contributed by atoms with Crippen LogP contribution in [0.1, 0.15) is 30.6 Å². The number of carbonyl (C=O) groups excluding carboxylic acids is 1. The molecule has 0 spiro atoms. The second kappa shape index (κ2) is 5.82. The molecule has 2 N–H and O–H groups in total. The number of carboxylic acid groups (broad SMARTS) is 1. The van der Waals surface area contributed by atoms with Crippen molar-refractivity contribution in [2.75, 3.05) is 0 Å². The van der Waals surface area contributed by atoms with Gasteiger partial charge in [0.1, 0.15) is 0 Å². The molecule has 5 heteroatoms. The monoisotopic (exact) mass is 265 g/mol. The van der Waals surface area contributed by atoms with Crippen molar-refractivity contribution in [3.8, 4) is 0 Å². The lowest BCUT2D eigenvalue weighted by atomic mass is 9.91. The van der Waals surface area contributed by atoms with Crippen LogP contribution in [0.2, 0.25) is 0 Å². The fourth-order valence-electron chi connectivity index (χ4n) is 2.08. The summed E-state index contributed by atoms with van der Waals surface area (Å²) < 4.78 is 0. The van der Waals surface area contributed by atoms with Crippen molar-refractivity contribution in [2.45, 2.75) is 32.2 Å². The first kappa shape index (κ1) is 12.8. The SMILES string of the molecule is O=C(O)C1=C(C(=O)NCc2cccs2)CCCC1. The fraction of sp³-hybridized carbons (Fsp3) is 0.385. The number of thiophene rings is 1. The summed E-state index contributed by atoms with van der Waals surface area (Å²) >= 11 is 1.57. The van der Waals surface area contributed by atoms with Gasteiger partial charge >= 0.3 is 5.97 Å². The Bertz CT molecular complexity index is 476. The molecule has 0 aromatic carbocycles. The third kappa shape index (κ3) is 2.98. The normalized spacial score (nSPS) is 15.6. The Hall–Kier alpha value is -1.62. The molecule has 0 atom stereocenters. The molecule has 1 aromatic heterocycles. The smallest absolute Gasteiger partial charge is 0.332 e. The van der Waals surface area contributed by atoms with Crippen molar-refractivity contribution in [3.05, 3.63) is 33.5 Å². The van der Waals surface area contributed by atoms with Crippen LogP contribution in [0.25, 0.3) is 0 Å². The number of aliphatic carboxylic acids is 1. The van der Waals surface area contributed by atoms with E-state index in [4.69, 9.17) is 5.11 Å². The average Bonchev–Trinajstić information content (AvgIpc) is 2.89. The topological polar surface area (TPSA) is 66.4 Å². The lowest BCUT2D eigenvalue weighted by Crippen LogP contribution is -2.27. The van der Waals surface area contributed by atoms with Crippen LogP contribution in [0.15, 0.2) is 28.7 Å². The van der Waals surface area contributed by atoms with Gasteiger partial charge in [-0.1, -0.05) is 6.07 Å². The van der Waals surface area contributed by atoms with Gasteiger partial charge in [-0.3, -0.25) is 4.79 Å². The van der Waals surface area contributed by atoms with Crippen LogP contribution >= 0.6 is 11.3 Å². The Morgan fingerprint density at radius 2 is 2.00 bits per heavy atom. The number of carbonyl (C=O) groups is 2. The van der Waals surface area contributed by atoms with Crippen LogP contribution in [-0.2, 0) is 16.1 Å². The Labute approximate surface area is 109 Å². The van der Waals surface area contributed by atoms with Crippen LogP contribution in [-0.4, -0.2) is 17.0 Å². The second-order valence-electron chi connectivity index (χ2n) is 4.23. The highest BCUT2D eigenvalue weighted by molar-refractivity contribution is 7.09. The summed E-state index contributed by atoms with van der Waals surface area (Å²) in [6.45, 7) is 0.465. The highest BCUT2D eigenvalue weighted by Gasteiger charge is 2.23. The van der Waals surface area contributed by atoms with E-state index in [1.807, 2.05) is 17.5 Å². The molecule has 4 nitrogen and oxygen atoms in total. The van der Waals surface area contributed by atoms with Crippen LogP contribution in [0.4, 0.5) is 0 Å². The Morgan fingerprint density at radius 1 is 1.28 bits per heavy atom. The summed E-state index contributed by atoms with van der Waals surface area (Å²) in [4.78, 5) is 24.1. The lowest BCUT2D eigenvalue weighted by molar-refractivity contribution is -0.133. The molecule has 1 heterocycles. The molecule has 0 aliphatic heterocycles. The van der Waals surface area contributed by atoms with Gasteiger partial charge in [0, 0.05) is 16.0 Å². The third-order valence-corrected chi connectivity index (χ3v) is 3.88. The zero-order valence-electron chi connectivity index (χ0n) is 9.94. The molecule has 18 heavy (non-hydrogen) atoms. The van der Waals surface area contributed by atoms with Crippen molar-refractivity contribution in [2.24, 2.45) is 0 Å². The molecule has 0 fully saturated rings. The zero-order chi connectivity index (χ0) is 13.0. The van der Waals surface area contributed by atoms with Crippen molar-refractivity contribution in [1.82, 2.24) is 5.32 Å². The van der Waals surface area contributed by atoms with E-state index in [2.05, 4.69) is 5.32 Å². The number of carboxylic acids is 1. The Balaban J connectivity index is 2.04. The highest BCUT2D eigenvalue weighted by atomic mass is 32.1. The van der Waals surface area contributed by atoms with E-state index in [0.29, 0.717) is 25.0 Å². The van der Waals surface area contributed by atoms with E-state index < -0.39 is 5.97 Å². The van der Waals surface area contributed by atoms with E-state index in [-0.39, 0.29) is 11.5 Å². The maximum atomic E-state index is 12.0. The summed E-state index contributed by atoms with van der Waals surface area (Å²) in [5.74, 6) is -1.20. The van der Waals surface area contributed by atoms with Gasteiger partial charge < -0.3 is 10.4 Å². The molecule has 1 aliphatic carbocycles. The summed E-state index contributed by atoms with van der Waals surface area (Å²) in [7, 11) is 0. The molecule has 2 rings (SSSR count). The molecule has 0 unspecified atom stereocenters. The fourth-order valence-corrected chi connectivity index (χ4v) is 2.72. The first-order valence-electron chi connectivity index (χ1n) is 5.94. The molecular formula is C13H15NO3S. The van der Waals surface area contributed by atoms with Crippen LogP contribution in [0.5, 0.6) is 0 Å². The molecule has 1 amide bonds. The minimum atomic E-state index is -0.962. The lowest BCUT2D eigenvalue weighted by Gasteiger charge is -2.16. The van der Waals surface area contributed by atoms with Crippen LogP contribution in [0.3, 0.4) is 0 Å². The standard InChI is InChI=1S/C13H15NO3S/c15-12(14-8-9-4-3-7-18-9)10-5-1-2-6-11(10)13(16)17/h3-4,7H,1-2,5-6,8H2,(H,14,15)(H,16,17). The van der Waals surface area contributed by atoms with Crippen LogP contribution in [0, 0.1) is 0 Å². The largest absolute Gasteiger partial charge is 0.478 e. The predicted molar refractivity (Wildman–Crippen MR) is 69.3 cm³/mol. The minimum absolute atomic E-state index is 0.236. The molecule has 0 saturated carbocycles. The van der Waals surface area contributed by atoms with E-state index in [9.17, 15) is 9.59 Å². The zero-order valence-corrected chi connectivity index (χ0v) is 10.8. The van der Waals surface area contributed by atoms with E-state index in [1.54, 1.807) is 11.3 Å². The predicted octanol–water partition coefficient (Wildman–Crippen LogP) is 2.32. The first-order valence-corrected chi connectivity index (χ1v) is 6.82. The maximum Gasteiger partial charge on any atom is 0.332 e. The van der Waals surface area contributed by atoms with Crippen molar-refractivity contribution < 1.29 is 14.7 Å². The molecule has 0 bridgehead atoms. The summed E-state index contributed by atoms with van der Waals surface area (Å²) in [6, 6.07) is 3.87. The van der Waals surface area contributed by atoms with Gasteiger partial charge in [-0.05, 0) is 37.1 Å². The third-order valence-electron chi connectivity index (χ3n) is 3.00. The van der Waals surface area contributed by atoms with Gasteiger partial charge in [0.2, 0.25) is 5.91 Å². The number of hydrogen-bond donors (Lipinski definition) is 2. The van der Waals surface area contributed by atoms with Crippen molar-refractivity contribution in [3.63, 3.8) is 0 Å². The average molecular weight is 265 g/mol. The maximum absolute atomic E-state index is 12.0. The summed E-state index contributed by atoms with van der Waals surface area (Å²) in [5, 5.41) is 13.8. The van der Waals surface area contributed by atoms with Gasteiger partial charge in [0.05, 0.1) is 6.54 Å². The Morgan fingerprint density at radius 3 is 2.61 bits per heavy atom. The molecule has 0 radical (unpaired) electrons. The van der Waals surface area contributed by atoms with Crippen molar-refractivity contribution in [1.29, 1.82) is 0 Å². The van der Waals surface area contributed by atoms with Crippen LogP contribution < -0.4 is 5.32 Å². The number of rotatable bonds is 4. The van der Waals surface area contributed by atoms with E-state index in [1.165, 1.54) is 0 Å². The molecule has 1 aliphatic rings. The molecule has 96 valence electrons. The molecule has 1 aromatic rings. The van der Waals surface area contributed by atoms with E-state index >= 15 is 0 Å². The van der Waals surface area contributed by atoms with Gasteiger partial charge in [0.25, 0.3) is 0 Å². The minimum Gasteiger partial charge on any atom is -0.478 e. The van der Waals surface area contributed by atoms with Crippen molar-refractivity contribution >= 4 is 23.2 Å². The number of nitrogens with one attached hydrogen (secondary N) is 1. The van der Waals surface area contributed by atoms with E-state index in [0.717, 1.165) is 17.7 Å². The first-order chi connectivity index (χ1) is 8.68. The molecular weight excluding hydrogens is 250 g/mol. The van der Waals surface area contributed by atoms with Gasteiger partial charge in [-0.25, -0.2) is 4.79 Å². The Kier molecular flexibility index (Phi) is 4.15. The number of amides is 1. The molecule has 0 saturated heterocycles. The number of hydrogen-bond acceptors (Lipinski definition) is 3. The second-order valence-corrected chi connectivity index (χ2v) is 5.26. The van der Waals surface area contributed by atoms with Gasteiger partial charge in [-0.15, -0.1) is 11.3 Å². The summed E-state index contributed by atoms with van der Waals surface area (Å²) in [6.07, 6.45) is 2.80. The quantitative estimate of drug-likeness (QED) is 0.878. The highest BCUT2D eigenvalue weighted by Crippen LogP contribution is 2.25. The summed E-state index contributed by atoms with van der Waals surface area (Å²) in [5.41, 5.74) is 0.732. The van der Waals surface area contributed by atoms with Gasteiger partial charge in [-0.2, -0.15) is 0 Å². The van der Waals surface area contributed by atoms with Gasteiger partial charge in [0.15, 0.2) is 0 Å².